The monoisotopic (exact) mass is 293 g/mol. The first-order valence-corrected chi connectivity index (χ1v) is 7.67. The highest BCUT2D eigenvalue weighted by Gasteiger charge is 2.32. The van der Waals surface area contributed by atoms with E-state index in [9.17, 15) is 0 Å². The summed E-state index contributed by atoms with van der Waals surface area (Å²) in [7, 11) is 1.78. The third-order valence-corrected chi connectivity index (χ3v) is 4.23. The fraction of sp³-hybridized carbons (Fsp3) is 0.733. The van der Waals surface area contributed by atoms with Crippen molar-refractivity contribution < 1.29 is 4.74 Å². The second kappa shape index (κ2) is 6.58. The number of aryl methyl sites for hydroxylation is 1. The van der Waals surface area contributed by atoms with E-state index in [2.05, 4.69) is 29.2 Å². The van der Waals surface area contributed by atoms with E-state index >= 15 is 0 Å². The maximum absolute atomic E-state index is 5.68. The molecule has 118 valence electrons. The Balaban J connectivity index is 2.35. The van der Waals surface area contributed by atoms with E-state index in [0.29, 0.717) is 5.82 Å². The van der Waals surface area contributed by atoms with Crippen LogP contribution in [0.25, 0.3) is 0 Å². The highest BCUT2D eigenvalue weighted by Crippen LogP contribution is 2.30. The summed E-state index contributed by atoms with van der Waals surface area (Å²) in [4.78, 5) is 11.5. The SMILES string of the molecule is CCCc1nc(NN)c(C)c(N2CCCC(C)(OC)C2)n1. The zero-order chi connectivity index (χ0) is 15.5. The zero-order valence-corrected chi connectivity index (χ0v) is 13.6. The quantitative estimate of drug-likeness (QED) is 0.639. The summed E-state index contributed by atoms with van der Waals surface area (Å²) < 4.78 is 5.68. The summed E-state index contributed by atoms with van der Waals surface area (Å²) in [6.45, 7) is 8.13. The molecule has 0 saturated carbocycles. The fourth-order valence-electron chi connectivity index (χ4n) is 2.89. The summed E-state index contributed by atoms with van der Waals surface area (Å²) in [5, 5.41) is 0. The number of aromatic nitrogens is 2. The largest absolute Gasteiger partial charge is 0.377 e. The van der Waals surface area contributed by atoms with Crippen LogP contribution in [0.15, 0.2) is 0 Å². The van der Waals surface area contributed by atoms with Crippen molar-refractivity contribution in [3.63, 3.8) is 0 Å². The van der Waals surface area contributed by atoms with E-state index in [1.165, 1.54) is 0 Å². The number of anilines is 2. The van der Waals surface area contributed by atoms with Gasteiger partial charge in [0.25, 0.3) is 0 Å². The summed E-state index contributed by atoms with van der Waals surface area (Å²) in [6, 6.07) is 0. The van der Waals surface area contributed by atoms with Crippen LogP contribution in [-0.2, 0) is 11.2 Å². The molecular weight excluding hydrogens is 266 g/mol. The van der Waals surface area contributed by atoms with Gasteiger partial charge in [-0.3, -0.25) is 0 Å². The molecule has 0 amide bonds. The van der Waals surface area contributed by atoms with Crippen LogP contribution >= 0.6 is 0 Å². The van der Waals surface area contributed by atoms with Crippen LogP contribution in [0.5, 0.6) is 0 Å². The number of nitrogens with zero attached hydrogens (tertiary/aromatic N) is 3. The highest BCUT2D eigenvalue weighted by molar-refractivity contribution is 5.58. The van der Waals surface area contributed by atoms with Gasteiger partial charge in [-0.05, 0) is 33.1 Å². The first-order valence-electron chi connectivity index (χ1n) is 7.67. The molecule has 0 spiro atoms. The molecule has 0 aliphatic carbocycles. The minimum absolute atomic E-state index is 0.114. The van der Waals surface area contributed by atoms with E-state index in [1.807, 2.05) is 6.92 Å². The molecule has 1 atom stereocenters. The number of piperidine rings is 1. The number of nitrogen functional groups attached to an aromatic ring is 1. The maximum atomic E-state index is 5.68. The van der Waals surface area contributed by atoms with Crippen LogP contribution in [0.3, 0.4) is 0 Å². The molecule has 1 saturated heterocycles. The van der Waals surface area contributed by atoms with E-state index in [-0.39, 0.29) is 5.60 Å². The summed E-state index contributed by atoms with van der Waals surface area (Å²) in [5.41, 5.74) is 3.58. The van der Waals surface area contributed by atoms with Gasteiger partial charge in [-0.1, -0.05) is 6.92 Å². The van der Waals surface area contributed by atoms with Gasteiger partial charge in [-0.15, -0.1) is 0 Å². The van der Waals surface area contributed by atoms with Gasteiger partial charge in [0.2, 0.25) is 0 Å². The van der Waals surface area contributed by atoms with Crippen LogP contribution < -0.4 is 16.2 Å². The molecule has 3 N–H and O–H groups in total. The van der Waals surface area contributed by atoms with Crippen LogP contribution in [0, 0.1) is 6.92 Å². The number of hydrogen-bond acceptors (Lipinski definition) is 6. The van der Waals surface area contributed by atoms with Crippen molar-refractivity contribution in [3.8, 4) is 0 Å². The highest BCUT2D eigenvalue weighted by atomic mass is 16.5. The van der Waals surface area contributed by atoms with E-state index in [0.717, 1.165) is 56.0 Å². The molecule has 0 bridgehead atoms. The molecular formula is C15H27N5O. The lowest BCUT2D eigenvalue weighted by atomic mass is 9.94. The Labute approximate surface area is 127 Å². The number of ether oxygens (including phenoxy) is 1. The summed E-state index contributed by atoms with van der Waals surface area (Å²) in [6.07, 6.45) is 4.05. The van der Waals surface area contributed by atoms with Gasteiger partial charge in [-0.2, -0.15) is 0 Å². The van der Waals surface area contributed by atoms with Gasteiger partial charge in [0.1, 0.15) is 17.5 Å². The van der Waals surface area contributed by atoms with E-state index in [1.54, 1.807) is 7.11 Å². The third kappa shape index (κ3) is 3.44. The van der Waals surface area contributed by atoms with Gasteiger partial charge in [0.15, 0.2) is 0 Å². The molecule has 21 heavy (non-hydrogen) atoms. The molecule has 2 heterocycles. The smallest absolute Gasteiger partial charge is 0.148 e. The average molecular weight is 293 g/mol. The first kappa shape index (κ1) is 16.0. The topological polar surface area (TPSA) is 76.3 Å². The minimum Gasteiger partial charge on any atom is -0.377 e. The molecule has 1 aromatic heterocycles. The van der Waals surface area contributed by atoms with E-state index in [4.69, 9.17) is 15.6 Å². The van der Waals surface area contributed by atoms with Crippen molar-refractivity contribution in [1.82, 2.24) is 9.97 Å². The second-order valence-electron chi connectivity index (χ2n) is 6.01. The first-order chi connectivity index (χ1) is 10.0. The summed E-state index contributed by atoms with van der Waals surface area (Å²) in [5.74, 6) is 8.15. The Hall–Kier alpha value is -1.40. The van der Waals surface area contributed by atoms with Gasteiger partial charge in [0, 0.05) is 32.2 Å². The molecule has 0 radical (unpaired) electrons. The molecule has 1 unspecified atom stereocenters. The number of rotatable bonds is 5. The Morgan fingerprint density at radius 1 is 1.43 bits per heavy atom. The van der Waals surface area contributed by atoms with Crippen molar-refractivity contribution in [2.75, 3.05) is 30.5 Å². The van der Waals surface area contributed by atoms with Crippen molar-refractivity contribution >= 4 is 11.6 Å². The number of hydrogen-bond donors (Lipinski definition) is 2. The van der Waals surface area contributed by atoms with Gasteiger partial charge < -0.3 is 15.1 Å². The normalized spacial score (nSPS) is 22.4. The standard InChI is InChI=1S/C15H27N5O/c1-5-7-12-17-13(19-16)11(2)14(18-12)20-9-6-8-15(3,10-20)21-4/h5-10,16H2,1-4H3,(H,17,18,19). The predicted octanol–water partition coefficient (Wildman–Crippen LogP) is 2.03. The van der Waals surface area contributed by atoms with Crippen LogP contribution in [0.2, 0.25) is 0 Å². The molecule has 6 heteroatoms. The van der Waals surface area contributed by atoms with Gasteiger partial charge in [0.05, 0.1) is 5.60 Å². The lowest BCUT2D eigenvalue weighted by Gasteiger charge is -2.40. The number of hydrazine groups is 1. The zero-order valence-electron chi connectivity index (χ0n) is 13.6. The fourth-order valence-corrected chi connectivity index (χ4v) is 2.89. The lowest BCUT2D eigenvalue weighted by Crippen LogP contribution is -2.48. The third-order valence-electron chi connectivity index (χ3n) is 4.23. The molecule has 1 fully saturated rings. The van der Waals surface area contributed by atoms with Gasteiger partial charge >= 0.3 is 0 Å². The van der Waals surface area contributed by atoms with Crippen LogP contribution in [0.4, 0.5) is 11.6 Å². The maximum Gasteiger partial charge on any atom is 0.148 e. The molecule has 1 aromatic rings. The number of methoxy groups -OCH3 is 1. The number of nitrogens with one attached hydrogen (secondary N) is 1. The summed E-state index contributed by atoms with van der Waals surface area (Å²) >= 11 is 0. The minimum atomic E-state index is -0.114. The molecule has 1 aliphatic heterocycles. The van der Waals surface area contributed by atoms with Crippen LogP contribution in [-0.4, -0.2) is 35.8 Å². The van der Waals surface area contributed by atoms with Crippen molar-refractivity contribution in [1.29, 1.82) is 0 Å². The Bertz CT molecular complexity index is 493. The van der Waals surface area contributed by atoms with Crippen molar-refractivity contribution in [3.05, 3.63) is 11.4 Å². The second-order valence-corrected chi connectivity index (χ2v) is 6.01. The molecule has 6 nitrogen and oxygen atoms in total. The molecule has 2 rings (SSSR count). The number of nitrogens with two attached hydrogens (primary N) is 1. The molecule has 1 aliphatic rings. The van der Waals surface area contributed by atoms with E-state index < -0.39 is 0 Å². The predicted molar refractivity (Wildman–Crippen MR) is 85.4 cm³/mol. The Morgan fingerprint density at radius 2 is 2.19 bits per heavy atom. The average Bonchev–Trinajstić information content (AvgIpc) is 2.49. The Morgan fingerprint density at radius 3 is 2.81 bits per heavy atom. The van der Waals surface area contributed by atoms with Crippen LogP contribution in [0.1, 0.15) is 44.5 Å². The van der Waals surface area contributed by atoms with Gasteiger partial charge in [-0.25, -0.2) is 15.8 Å². The van der Waals surface area contributed by atoms with Crippen molar-refractivity contribution in [2.24, 2.45) is 5.84 Å². The Kier molecular flexibility index (Phi) is 5.00. The molecule has 0 aromatic carbocycles. The lowest BCUT2D eigenvalue weighted by molar-refractivity contribution is -0.00484. The van der Waals surface area contributed by atoms with Crippen molar-refractivity contribution in [2.45, 2.75) is 52.1 Å².